The van der Waals surface area contributed by atoms with Crippen molar-refractivity contribution in [3.05, 3.63) is 65.5 Å². The summed E-state index contributed by atoms with van der Waals surface area (Å²) in [5, 5.41) is 16.9. The predicted octanol–water partition coefficient (Wildman–Crippen LogP) is 2.37. The topological polar surface area (TPSA) is 155 Å². The molecule has 13 nitrogen and oxygen atoms in total. The van der Waals surface area contributed by atoms with Crippen molar-refractivity contribution in [3.8, 4) is 11.3 Å². The number of pyridine rings is 2. The van der Waals surface area contributed by atoms with Crippen LogP contribution < -0.4 is 10.2 Å². The van der Waals surface area contributed by atoms with Crippen molar-refractivity contribution in [2.45, 2.75) is 39.5 Å². The van der Waals surface area contributed by atoms with Crippen LogP contribution in [0.4, 0.5) is 24.8 Å². The number of carbonyl (C=O) groups is 2. The number of amides is 2. The molecule has 5 heterocycles. The number of aromatic nitrogens is 6. The fourth-order valence-electron chi connectivity index (χ4n) is 4.19. The van der Waals surface area contributed by atoms with Gasteiger partial charge in [-0.15, -0.1) is 0 Å². The molecule has 0 spiro atoms. The highest BCUT2D eigenvalue weighted by Gasteiger charge is 2.39. The Bertz CT molecular complexity index is 1600. The lowest BCUT2D eigenvalue weighted by atomic mass is 10.1. The summed E-state index contributed by atoms with van der Waals surface area (Å²) >= 11 is 0. The molecule has 5 rings (SSSR count). The first-order chi connectivity index (χ1) is 18.9. The van der Waals surface area contributed by atoms with Crippen molar-refractivity contribution in [1.29, 1.82) is 0 Å². The van der Waals surface area contributed by atoms with Gasteiger partial charge in [0.1, 0.15) is 18.9 Å². The van der Waals surface area contributed by atoms with Gasteiger partial charge in [0.2, 0.25) is 18.1 Å². The predicted molar refractivity (Wildman–Crippen MR) is 131 cm³/mol. The van der Waals surface area contributed by atoms with Gasteiger partial charge in [0.05, 0.1) is 17.6 Å². The fourth-order valence-corrected chi connectivity index (χ4v) is 4.19. The Balaban J connectivity index is 1.34. The summed E-state index contributed by atoms with van der Waals surface area (Å²) in [6.45, 7) is 2.35. The van der Waals surface area contributed by atoms with Crippen LogP contribution in [0.2, 0.25) is 0 Å². The van der Waals surface area contributed by atoms with Crippen LogP contribution in [-0.2, 0) is 24.1 Å². The number of aliphatic hydroxyl groups is 1. The molecule has 0 saturated carbocycles. The van der Waals surface area contributed by atoms with E-state index in [0.29, 0.717) is 5.82 Å². The second-order valence-electron chi connectivity index (χ2n) is 8.98. The quantitative estimate of drug-likeness (QED) is 0.361. The third-order valence-electron chi connectivity index (χ3n) is 6.13. The normalized spacial score (nSPS) is 15.4. The van der Waals surface area contributed by atoms with Gasteiger partial charge >= 0.3 is 6.18 Å². The number of aryl methyl sites for hydroxylation is 2. The summed E-state index contributed by atoms with van der Waals surface area (Å²) in [4.78, 5) is 44.9. The maximum Gasteiger partial charge on any atom is 0.418 e. The zero-order chi connectivity index (χ0) is 28.8. The summed E-state index contributed by atoms with van der Waals surface area (Å²) in [5.41, 5.74) is -0.696. The average molecular weight is 557 g/mol. The van der Waals surface area contributed by atoms with Gasteiger partial charge in [-0.3, -0.25) is 19.5 Å². The van der Waals surface area contributed by atoms with Crippen molar-refractivity contribution in [2.24, 2.45) is 0 Å². The first kappa shape index (κ1) is 26.7. The molecule has 0 saturated heterocycles. The van der Waals surface area contributed by atoms with Crippen LogP contribution in [0.3, 0.4) is 0 Å². The van der Waals surface area contributed by atoms with Crippen LogP contribution in [0.1, 0.15) is 33.5 Å². The lowest BCUT2D eigenvalue weighted by molar-refractivity contribution is -0.138. The van der Waals surface area contributed by atoms with Crippen LogP contribution in [0.25, 0.3) is 11.3 Å². The largest absolute Gasteiger partial charge is 0.418 e. The molecule has 1 aliphatic rings. The molecular formula is C24H22F3N9O4. The first-order valence-electron chi connectivity index (χ1n) is 11.8. The zero-order valence-electron chi connectivity index (χ0n) is 21.3. The molecule has 4 aromatic heterocycles. The van der Waals surface area contributed by atoms with Gasteiger partial charge in [-0.2, -0.15) is 18.2 Å². The molecule has 208 valence electrons. The molecule has 0 aliphatic carbocycles. The average Bonchev–Trinajstić information content (AvgIpc) is 3.51. The number of fused-ring (bicyclic) bond motifs is 1. The molecule has 2 amide bonds. The van der Waals surface area contributed by atoms with E-state index in [1.54, 1.807) is 6.92 Å². The van der Waals surface area contributed by atoms with E-state index < -0.39 is 29.9 Å². The van der Waals surface area contributed by atoms with Crippen molar-refractivity contribution in [1.82, 2.24) is 34.6 Å². The molecule has 0 aromatic carbocycles. The van der Waals surface area contributed by atoms with Crippen LogP contribution in [0.15, 0.2) is 41.3 Å². The monoisotopic (exact) mass is 557 g/mol. The van der Waals surface area contributed by atoms with Crippen LogP contribution in [-0.4, -0.2) is 64.9 Å². The number of imidazole rings is 1. The Kier molecular flexibility index (Phi) is 6.70. The minimum absolute atomic E-state index is 0.0475. The van der Waals surface area contributed by atoms with E-state index in [-0.39, 0.29) is 53.3 Å². The Hall–Kier alpha value is -4.86. The fraction of sp³-hybridized carbons (Fsp3) is 0.292. The minimum atomic E-state index is -4.58. The van der Waals surface area contributed by atoms with E-state index in [9.17, 15) is 27.9 Å². The van der Waals surface area contributed by atoms with Crippen molar-refractivity contribution < 1.29 is 32.4 Å². The van der Waals surface area contributed by atoms with Crippen LogP contribution in [0, 0.1) is 13.8 Å². The van der Waals surface area contributed by atoms with Gasteiger partial charge in [0, 0.05) is 24.5 Å². The van der Waals surface area contributed by atoms with Crippen molar-refractivity contribution in [3.63, 3.8) is 0 Å². The van der Waals surface area contributed by atoms with E-state index in [1.807, 2.05) is 0 Å². The van der Waals surface area contributed by atoms with E-state index in [1.165, 1.54) is 54.2 Å². The Morgan fingerprint density at radius 1 is 1.20 bits per heavy atom. The van der Waals surface area contributed by atoms with E-state index in [0.717, 1.165) is 11.0 Å². The summed E-state index contributed by atoms with van der Waals surface area (Å²) in [6.07, 6.45) is -3.39. The molecule has 0 fully saturated rings. The number of halogens is 3. The van der Waals surface area contributed by atoms with Crippen LogP contribution >= 0.6 is 0 Å². The van der Waals surface area contributed by atoms with Gasteiger partial charge in [-0.25, -0.2) is 9.97 Å². The molecule has 1 atom stereocenters. The van der Waals surface area contributed by atoms with E-state index in [4.69, 9.17) is 4.52 Å². The smallest absolute Gasteiger partial charge is 0.356 e. The maximum atomic E-state index is 13.3. The number of carbonyl (C=O) groups excluding carboxylic acids is 2. The highest BCUT2D eigenvalue weighted by molar-refractivity contribution is 6.00. The molecule has 1 unspecified atom stereocenters. The van der Waals surface area contributed by atoms with E-state index in [2.05, 4.69) is 30.4 Å². The molecule has 4 aromatic rings. The summed E-state index contributed by atoms with van der Waals surface area (Å²) in [5.74, 6) is -0.476. The highest BCUT2D eigenvalue weighted by Crippen LogP contribution is 2.33. The second-order valence-corrected chi connectivity index (χ2v) is 8.98. The number of anilines is 2. The van der Waals surface area contributed by atoms with Gasteiger partial charge in [-0.1, -0.05) is 11.2 Å². The number of aliphatic hydroxyl groups excluding tert-OH is 1. The van der Waals surface area contributed by atoms with Crippen molar-refractivity contribution >= 4 is 23.5 Å². The number of hydrogen-bond acceptors (Lipinski definition) is 10. The highest BCUT2D eigenvalue weighted by atomic mass is 19.4. The number of nitrogens with one attached hydrogen (secondary N) is 1. The summed E-state index contributed by atoms with van der Waals surface area (Å²) in [7, 11) is 1.53. The summed E-state index contributed by atoms with van der Waals surface area (Å²) < 4.78 is 46.3. The molecular weight excluding hydrogens is 535 g/mol. The molecule has 16 heteroatoms. The Morgan fingerprint density at radius 2 is 1.98 bits per heavy atom. The van der Waals surface area contributed by atoms with Crippen LogP contribution in [0.5, 0.6) is 0 Å². The molecule has 0 radical (unpaired) electrons. The van der Waals surface area contributed by atoms with E-state index >= 15 is 0 Å². The lowest BCUT2D eigenvalue weighted by Gasteiger charge is -2.37. The molecule has 0 bridgehead atoms. The van der Waals surface area contributed by atoms with Gasteiger partial charge in [0.15, 0.2) is 17.3 Å². The number of nitrogens with zero attached hydrogens (tertiary/aromatic N) is 8. The second kappa shape index (κ2) is 10.0. The third-order valence-corrected chi connectivity index (χ3v) is 6.13. The standard InChI is InChI=1S/C24H22F3N9O4/c1-12-15(24(25,26)27)7-14(8-28-12)16-5-4-6-17(31-16)32-18(37)9-35-11-29-21-20(35)22(38)36(23(39)34(21)3)10-19-30-13(2)33-40-19/h4-8,11,23,39H,9-10H2,1-3H3,(H,31,32,37). The van der Waals surface area contributed by atoms with Gasteiger partial charge in [-0.05, 0) is 32.0 Å². The summed E-state index contributed by atoms with van der Waals surface area (Å²) in [6, 6.07) is 5.45. The number of hydrogen-bond donors (Lipinski definition) is 2. The number of alkyl halides is 3. The van der Waals surface area contributed by atoms with Gasteiger partial charge in [0.25, 0.3) is 5.91 Å². The van der Waals surface area contributed by atoms with Gasteiger partial charge < -0.3 is 24.4 Å². The molecule has 40 heavy (non-hydrogen) atoms. The molecule has 2 N–H and O–H groups in total. The lowest BCUT2D eigenvalue weighted by Crippen LogP contribution is -2.54. The Labute approximate surface area is 224 Å². The SMILES string of the molecule is Cc1noc(CN2C(=O)c3c(ncn3CC(=O)Nc3cccc(-c4cnc(C)c(C(F)(F)F)c4)n3)N(C)C2O)n1. The Morgan fingerprint density at radius 3 is 2.67 bits per heavy atom. The minimum Gasteiger partial charge on any atom is -0.356 e. The maximum absolute atomic E-state index is 13.3. The first-order valence-corrected chi connectivity index (χ1v) is 11.8. The van der Waals surface area contributed by atoms with Crippen molar-refractivity contribution in [2.75, 3.05) is 17.3 Å². The zero-order valence-corrected chi connectivity index (χ0v) is 21.3. The number of rotatable bonds is 6. The third kappa shape index (κ3) is 5.07. The molecule has 1 aliphatic heterocycles.